The zero-order chi connectivity index (χ0) is 13.5. The topological polar surface area (TPSA) is 38.1 Å². The van der Waals surface area contributed by atoms with Crippen molar-refractivity contribution in [1.29, 1.82) is 0 Å². The Balaban J connectivity index is 1.93. The Labute approximate surface area is 117 Å². The molecular weight excluding hydrogens is 248 g/mol. The predicted molar refractivity (Wildman–Crippen MR) is 79.6 cm³/mol. The van der Waals surface area contributed by atoms with Crippen LogP contribution in [0, 0.1) is 6.92 Å². The lowest BCUT2D eigenvalue weighted by Crippen LogP contribution is -2.24. The van der Waals surface area contributed by atoms with Gasteiger partial charge in [0, 0.05) is 12.1 Å². The molecule has 3 nitrogen and oxygen atoms in total. The van der Waals surface area contributed by atoms with Gasteiger partial charge < -0.3 is 9.73 Å². The average molecular weight is 264 g/mol. The summed E-state index contributed by atoms with van der Waals surface area (Å²) >= 11 is 0. The highest BCUT2D eigenvalue weighted by molar-refractivity contribution is 5.79. The molecule has 0 radical (unpaired) electrons. The van der Waals surface area contributed by atoms with Crippen LogP contribution in [0.3, 0.4) is 0 Å². The summed E-state index contributed by atoms with van der Waals surface area (Å²) in [6.45, 7) is 4.01. The van der Waals surface area contributed by atoms with E-state index in [2.05, 4.69) is 41.5 Å². The van der Waals surface area contributed by atoms with E-state index in [-0.39, 0.29) is 0 Å². The molecule has 0 bridgehead atoms. The first kappa shape index (κ1) is 11.7. The van der Waals surface area contributed by atoms with Gasteiger partial charge in [-0.05, 0) is 48.7 Å². The lowest BCUT2D eigenvalue weighted by Gasteiger charge is -2.18. The molecule has 100 valence electrons. The van der Waals surface area contributed by atoms with Crippen LogP contribution in [0.15, 0.2) is 40.8 Å². The third-order valence-corrected chi connectivity index (χ3v) is 3.98. The summed E-state index contributed by atoms with van der Waals surface area (Å²) in [7, 11) is 0. The normalized spacial score (nSPS) is 14.4. The van der Waals surface area contributed by atoms with Crippen molar-refractivity contribution in [2.45, 2.75) is 19.9 Å². The van der Waals surface area contributed by atoms with E-state index in [0.29, 0.717) is 0 Å². The van der Waals surface area contributed by atoms with E-state index >= 15 is 0 Å². The number of para-hydroxylation sites is 1. The van der Waals surface area contributed by atoms with Gasteiger partial charge in [-0.1, -0.05) is 24.3 Å². The Bertz CT molecular complexity index is 789. The van der Waals surface area contributed by atoms with Crippen molar-refractivity contribution >= 4 is 11.1 Å². The second-order valence-corrected chi connectivity index (χ2v) is 5.31. The first-order valence-corrected chi connectivity index (χ1v) is 7.01. The second-order valence-electron chi connectivity index (χ2n) is 5.31. The van der Waals surface area contributed by atoms with Crippen LogP contribution in [0.1, 0.15) is 16.7 Å². The quantitative estimate of drug-likeness (QED) is 0.731. The molecule has 2 aromatic carbocycles. The Morgan fingerprint density at radius 1 is 1.15 bits per heavy atom. The number of nitrogens with zero attached hydrogens (tertiary/aromatic N) is 1. The van der Waals surface area contributed by atoms with Crippen molar-refractivity contribution in [3.8, 4) is 11.5 Å². The highest BCUT2D eigenvalue weighted by Crippen LogP contribution is 2.31. The molecule has 0 unspecified atom stereocenters. The molecule has 0 aliphatic carbocycles. The Kier molecular flexibility index (Phi) is 2.60. The maximum Gasteiger partial charge on any atom is 0.227 e. The first-order valence-electron chi connectivity index (χ1n) is 7.01. The molecule has 3 aromatic rings. The van der Waals surface area contributed by atoms with Gasteiger partial charge in [0.2, 0.25) is 5.89 Å². The van der Waals surface area contributed by atoms with E-state index in [0.717, 1.165) is 47.6 Å². The highest BCUT2D eigenvalue weighted by atomic mass is 16.3. The Morgan fingerprint density at radius 3 is 2.95 bits per heavy atom. The molecule has 2 heterocycles. The molecule has 0 fully saturated rings. The van der Waals surface area contributed by atoms with Gasteiger partial charge in [-0.2, -0.15) is 0 Å². The largest absolute Gasteiger partial charge is 0.436 e. The summed E-state index contributed by atoms with van der Waals surface area (Å²) in [5.41, 5.74) is 6.83. The number of fused-ring (bicyclic) bond motifs is 2. The minimum absolute atomic E-state index is 0.744. The van der Waals surface area contributed by atoms with E-state index in [1.807, 2.05) is 12.1 Å². The zero-order valence-corrected chi connectivity index (χ0v) is 11.4. The molecule has 0 atom stereocenters. The molecule has 0 amide bonds. The second kappa shape index (κ2) is 4.46. The van der Waals surface area contributed by atoms with Crippen molar-refractivity contribution in [2.75, 3.05) is 6.54 Å². The van der Waals surface area contributed by atoms with Gasteiger partial charge in [0.25, 0.3) is 0 Å². The number of hydrogen-bond donors (Lipinski definition) is 1. The zero-order valence-electron chi connectivity index (χ0n) is 11.4. The Morgan fingerprint density at radius 2 is 2.05 bits per heavy atom. The van der Waals surface area contributed by atoms with Crippen LogP contribution < -0.4 is 5.32 Å². The number of rotatable bonds is 1. The maximum absolute atomic E-state index is 6.02. The monoisotopic (exact) mass is 264 g/mol. The van der Waals surface area contributed by atoms with Crippen LogP contribution in [-0.2, 0) is 13.0 Å². The molecule has 1 aliphatic rings. The standard InChI is InChI=1S/C17H16N2O/c1-11-4-2-7-15-16(11)20-17(19-15)14-6-3-5-12-10-18-9-8-13(12)14/h2-7,18H,8-10H2,1H3. The van der Waals surface area contributed by atoms with Crippen molar-refractivity contribution < 1.29 is 4.42 Å². The third kappa shape index (κ3) is 1.74. The number of hydrogen-bond acceptors (Lipinski definition) is 3. The maximum atomic E-state index is 6.02. The van der Waals surface area contributed by atoms with E-state index in [4.69, 9.17) is 4.42 Å². The van der Waals surface area contributed by atoms with E-state index < -0.39 is 0 Å². The highest BCUT2D eigenvalue weighted by Gasteiger charge is 2.17. The van der Waals surface area contributed by atoms with E-state index in [1.54, 1.807) is 0 Å². The van der Waals surface area contributed by atoms with Crippen molar-refractivity contribution in [2.24, 2.45) is 0 Å². The average Bonchev–Trinajstić information content (AvgIpc) is 2.92. The molecule has 1 N–H and O–H groups in total. The fraction of sp³-hybridized carbons (Fsp3) is 0.235. The SMILES string of the molecule is Cc1cccc2nc(-c3cccc4c3CCNC4)oc12. The number of nitrogens with one attached hydrogen (secondary N) is 1. The summed E-state index contributed by atoms with van der Waals surface area (Å²) in [5.74, 6) is 0.744. The van der Waals surface area contributed by atoms with Gasteiger partial charge >= 0.3 is 0 Å². The fourth-order valence-corrected chi connectivity index (χ4v) is 2.93. The smallest absolute Gasteiger partial charge is 0.227 e. The van der Waals surface area contributed by atoms with Gasteiger partial charge in [-0.15, -0.1) is 0 Å². The number of oxazole rings is 1. The fourth-order valence-electron chi connectivity index (χ4n) is 2.93. The summed E-state index contributed by atoms with van der Waals surface area (Å²) in [4.78, 5) is 4.66. The summed E-state index contributed by atoms with van der Waals surface area (Å²) in [6, 6.07) is 12.5. The summed E-state index contributed by atoms with van der Waals surface area (Å²) < 4.78 is 6.02. The van der Waals surface area contributed by atoms with E-state index in [9.17, 15) is 0 Å². The number of aromatic nitrogens is 1. The molecule has 0 saturated carbocycles. The lowest BCUT2D eigenvalue weighted by molar-refractivity contribution is 0.609. The first-order chi connectivity index (χ1) is 9.83. The van der Waals surface area contributed by atoms with Crippen molar-refractivity contribution in [1.82, 2.24) is 10.3 Å². The van der Waals surface area contributed by atoms with Gasteiger partial charge in [-0.25, -0.2) is 4.98 Å². The van der Waals surface area contributed by atoms with Crippen LogP contribution >= 0.6 is 0 Å². The molecule has 0 spiro atoms. The Hall–Kier alpha value is -2.13. The molecule has 4 rings (SSSR count). The third-order valence-electron chi connectivity index (χ3n) is 3.98. The molecule has 3 heteroatoms. The molecular formula is C17H16N2O. The minimum atomic E-state index is 0.744. The number of aryl methyl sites for hydroxylation is 1. The van der Waals surface area contributed by atoms with Gasteiger partial charge in [0.1, 0.15) is 5.52 Å². The van der Waals surface area contributed by atoms with Crippen molar-refractivity contribution in [3.63, 3.8) is 0 Å². The van der Waals surface area contributed by atoms with Gasteiger partial charge in [0.15, 0.2) is 5.58 Å². The van der Waals surface area contributed by atoms with Crippen LogP contribution in [-0.4, -0.2) is 11.5 Å². The van der Waals surface area contributed by atoms with E-state index in [1.165, 1.54) is 11.1 Å². The van der Waals surface area contributed by atoms with Crippen LogP contribution in [0.5, 0.6) is 0 Å². The summed E-state index contributed by atoms with van der Waals surface area (Å²) in [5, 5.41) is 3.40. The summed E-state index contributed by atoms with van der Waals surface area (Å²) in [6.07, 6.45) is 1.03. The molecule has 0 saturated heterocycles. The van der Waals surface area contributed by atoms with Crippen molar-refractivity contribution in [3.05, 3.63) is 53.1 Å². The lowest BCUT2D eigenvalue weighted by atomic mass is 9.95. The van der Waals surface area contributed by atoms with Crippen LogP contribution in [0.2, 0.25) is 0 Å². The minimum Gasteiger partial charge on any atom is -0.436 e. The number of benzene rings is 2. The predicted octanol–water partition coefficient (Wildman–Crippen LogP) is 3.45. The van der Waals surface area contributed by atoms with Gasteiger partial charge in [-0.3, -0.25) is 0 Å². The van der Waals surface area contributed by atoms with Crippen LogP contribution in [0.4, 0.5) is 0 Å². The molecule has 1 aromatic heterocycles. The van der Waals surface area contributed by atoms with Gasteiger partial charge in [0.05, 0.1) is 0 Å². The molecule has 20 heavy (non-hydrogen) atoms. The van der Waals surface area contributed by atoms with Crippen LogP contribution in [0.25, 0.3) is 22.6 Å². The molecule has 1 aliphatic heterocycles.